The summed E-state index contributed by atoms with van der Waals surface area (Å²) in [4.78, 5) is 15.4. The molecule has 0 aliphatic heterocycles. The van der Waals surface area contributed by atoms with Gasteiger partial charge in [0.2, 0.25) is 0 Å². The topological polar surface area (TPSA) is 34.9 Å². The van der Waals surface area contributed by atoms with Crippen molar-refractivity contribution in [1.29, 1.82) is 0 Å². The number of nitrogens with zero attached hydrogens (tertiary/aromatic N) is 2. The average Bonchev–Trinajstić information content (AvgIpc) is 2.52. The van der Waals surface area contributed by atoms with Gasteiger partial charge < -0.3 is 4.57 Å². The van der Waals surface area contributed by atoms with Gasteiger partial charge in [0.25, 0.3) is 0 Å². The van der Waals surface area contributed by atoms with Crippen LogP contribution in [0.2, 0.25) is 0 Å². The zero-order chi connectivity index (χ0) is 9.68. The Balaban J connectivity index is 2.68. The van der Waals surface area contributed by atoms with E-state index < -0.39 is 0 Å². The van der Waals surface area contributed by atoms with Crippen molar-refractivity contribution in [2.45, 2.75) is 26.8 Å². The Morgan fingerprint density at radius 1 is 1.69 bits per heavy atom. The molecule has 0 atom stereocenters. The standard InChI is InChI=1S/C10H14N2O/c1-3-5-9(13)8-10-11-6-7-12(10)4-2/h3,5-7H,4,8H2,1-2H3/b5-3+. The minimum absolute atomic E-state index is 0.100. The molecule has 0 N–H and O–H groups in total. The molecule has 0 aliphatic carbocycles. The molecule has 3 heteroatoms. The number of hydrogen-bond donors (Lipinski definition) is 0. The van der Waals surface area contributed by atoms with Crippen LogP contribution in [0.25, 0.3) is 0 Å². The van der Waals surface area contributed by atoms with Crippen LogP contribution in [-0.2, 0) is 17.8 Å². The maximum Gasteiger partial charge on any atom is 0.162 e. The predicted molar refractivity (Wildman–Crippen MR) is 51.4 cm³/mol. The van der Waals surface area contributed by atoms with Crippen LogP contribution in [0.5, 0.6) is 0 Å². The fraction of sp³-hybridized carbons (Fsp3) is 0.400. The van der Waals surface area contributed by atoms with Gasteiger partial charge in [-0.25, -0.2) is 4.98 Å². The lowest BCUT2D eigenvalue weighted by molar-refractivity contribution is -0.114. The Bertz CT molecular complexity index is 312. The highest BCUT2D eigenvalue weighted by atomic mass is 16.1. The molecule has 70 valence electrons. The summed E-state index contributed by atoms with van der Waals surface area (Å²) >= 11 is 0. The van der Waals surface area contributed by atoms with Crippen LogP contribution in [0, 0.1) is 0 Å². The van der Waals surface area contributed by atoms with Gasteiger partial charge in [0.15, 0.2) is 5.78 Å². The maximum atomic E-state index is 11.2. The summed E-state index contributed by atoms with van der Waals surface area (Å²) in [5.41, 5.74) is 0. The summed E-state index contributed by atoms with van der Waals surface area (Å²) in [6.07, 6.45) is 7.33. The number of aryl methyl sites for hydroxylation is 1. The SMILES string of the molecule is C/C=C/C(=O)Cc1nccn1CC. The van der Waals surface area contributed by atoms with Gasteiger partial charge in [-0.05, 0) is 19.9 Å². The van der Waals surface area contributed by atoms with Crippen molar-refractivity contribution in [2.24, 2.45) is 0 Å². The molecule has 0 fully saturated rings. The number of carbonyl (C=O) groups is 1. The van der Waals surface area contributed by atoms with E-state index in [1.165, 1.54) is 0 Å². The van der Waals surface area contributed by atoms with Gasteiger partial charge in [0, 0.05) is 18.9 Å². The van der Waals surface area contributed by atoms with Crippen molar-refractivity contribution in [2.75, 3.05) is 0 Å². The van der Waals surface area contributed by atoms with E-state index in [1.807, 2.05) is 24.6 Å². The van der Waals surface area contributed by atoms with Crippen LogP contribution >= 0.6 is 0 Å². The van der Waals surface area contributed by atoms with Crippen molar-refractivity contribution >= 4 is 5.78 Å². The molecule has 0 aromatic carbocycles. The van der Waals surface area contributed by atoms with Crippen LogP contribution in [-0.4, -0.2) is 15.3 Å². The van der Waals surface area contributed by atoms with Gasteiger partial charge in [-0.2, -0.15) is 0 Å². The summed E-state index contributed by atoms with van der Waals surface area (Å²) in [7, 11) is 0. The van der Waals surface area contributed by atoms with Crippen molar-refractivity contribution in [1.82, 2.24) is 9.55 Å². The minimum atomic E-state index is 0.100. The summed E-state index contributed by atoms with van der Waals surface area (Å²) < 4.78 is 1.97. The van der Waals surface area contributed by atoms with E-state index in [1.54, 1.807) is 18.3 Å². The quantitative estimate of drug-likeness (QED) is 0.656. The van der Waals surface area contributed by atoms with Gasteiger partial charge in [-0.1, -0.05) is 6.08 Å². The molecule has 1 rings (SSSR count). The largest absolute Gasteiger partial charge is 0.335 e. The molecule has 0 saturated heterocycles. The molecule has 0 amide bonds. The van der Waals surface area contributed by atoms with Crippen LogP contribution in [0.4, 0.5) is 0 Å². The second-order valence-electron chi connectivity index (χ2n) is 2.77. The van der Waals surface area contributed by atoms with Gasteiger partial charge in [-0.15, -0.1) is 0 Å². The lowest BCUT2D eigenvalue weighted by atomic mass is 10.2. The molecule has 0 radical (unpaired) electrons. The number of carbonyl (C=O) groups excluding carboxylic acids is 1. The fourth-order valence-corrected chi connectivity index (χ4v) is 1.20. The molecular formula is C10H14N2O. The fourth-order valence-electron chi connectivity index (χ4n) is 1.20. The van der Waals surface area contributed by atoms with Crippen LogP contribution in [0.1, 0.15) is 19.7 Å². The molecule has 0 aliphatic rings. The summed E-state index contributed by atoms with van der Waals surface area (Å²) in [6, 6.07) is 0. The molecular weight excluding hydrogens is 164 g/mol. The second kappa shape index (κ2) is 4.60. The van der Waals surface area contributed by atoms with Crippen LogP contribution in [0.3, 0.4) is 0 Å². The molecule has 1 heterocycles. The van der Waals surface area contributed by atoms with E-state index in [2.05, 4.69) is 4.98 Å². The molecule has 3 nitrogen and oxygen atoms in total. The summed E-state index contributed by atoms with van der Waals surface area (Å²) in [5.74, 6) is 0.939. The first-order chi connectivity index (χ1) is 6.27. The van der Waals surface area contributed by atoms with Crippen molar-refractivity contribution in [3.8, 4) is 0 Å². The first-order valence-electron chi connectivity index (χ1n) is 4.43. The molecule has 0 saturated carbocycles. The highest BCUT2D eigenvalue weighted by molar-refractivity contribution is 5.90. The van der Waals surface area contributed by atoms with Gasteiger partial charge in [0.1, 0.15) is 5.82 Å². The third-order valence-electron chi connectivity index (χ3n) is 1.83. The van der Waals surface area contributed by atoms with E-state index in [0.29, 0.717) is 6.42 Å². The summed E-state index contributed by atoms with van der Waals surface area (Å²) in [5, 5.41) is 0. The number of rotatable bonds is 4. The Morgan fingerprint density at radius 2 is 2.46 bits per heavy atom. The predicted octanol–water partition coefficient (Wildman–Crippen LogP) is 1.59. The number of imidazole rings is 1. The molecule has 13 heavy (non-hydrogen) atoms. The third-order valence-corrected chi connectivity index (χ3v) is 1.83. The smallest absolute Gasteiger partial charge is 0.162 e. The Morgan fingerprint density at radius 3 is 3.08 bits per heavy atom. The minimum Gasteiger partial charge on any atom is -0.335 e. The highest BCUT2D eigenvalue weighted by Gasteiger charge is 2.04. The lowest BCUT2D eigenvalue weighted by Gasteiger charge is -2.01. The van der Waals surface area contributed by atoms with E-state index >= 15 is 0 Å². The summed E-state index contributed by atoms with van der Waals surface area (Å²) in [6.45, 7) is 4.73. The van der Waals surface area contributed by atoms with Gasteiger partial charge >= 0.3 is 0 Å². The molecule has 1 aromatic rings. The maximum absolute atomic E-state index is 11.2. The Labute approximate surface area is 78.1 Å². The van der Waals surface area contributed by atoms with Crippen LogP contribution < -0.4 is 0 Å². The van der Waals surface area contributed by atoms with Gasteiger partial charge in [0.05, 0.1) is 6.42 Å². The highest BCUT2D eigenvalue weighted by Crippen LogP contribution is 1.99. The average molecular weight is 178 g/mol. The number of hydrogen-bond acceptors (Lipinski definition) is 2. The second-order valence-corrected chi connectivity index (χ2v) is 2.77. The molecule has 0 unspecified atom stereocenters. The first-order valence-corrected chi connectivity index (χ1v) is 4.43. The first kappa shape index (κ1) is 9.71. The van der Waals surface area contributed by atoms with Crippen molar-refractivity contribution in [3.63, 3.8) is 0 Å². The molecule has 0 spiro atoms. The monoisotopic (exact) mass is 178 g/mol. The van der Waals surface area contributed by atoms with E-state index in [4.69, 9.17) is 0 Å². The Kier molecular flexibility index (Phi) is 3.43. The van der Waals surface area contributed by atoms with E-state index in [9.17, 15) is 4.79 Å². The van der Waals surface area contributed by atoms with E-state index in [0.717, 1.165) is 12.4 Å². The van der Waals surface area contributed by atoms with Crippen molar-refractivity contribution in [3.05, 3.63) is 30.4 Å². The number of ketones is 1. The molecule has 1 aromatic heterocycles. The third kappa shape index (κ3) is 2.54. The Hall–Kier alpha value is -1.38. The number of aromatic nitrogens is 2. The normalized spacial score (nSPS) is 10.9. The lowest BCUT2D eigenvalue weighted by Crippen LogP contribution is -2.06. The number of allylic oxidation sites excluding steroid dienone is 2. The van der Waals surface area contributed by atoms with Crippen LogP contribution in [0.15, 0.2) is 24.5 Å². The van der Waals surface area contributed by atoms with Crippen molar-refractivity contribution < 1.29 is 4.79 Å². The van der Waals surface area contributed by atoms with Gasteiger partial charge in [-0.3, -0.25) is 4.79 Å². The molecule has 0 bridgehead atoms. The van der Waals surface area contributed by atoms with E-state index in [-0.39, 0.29) is 5.78 Å². The zero-order valence-electron chi connectivity index (χ0n) is 8.03. The zero-order valence-corrected chi connectivity index (χ0v) is 8.03.